The van der Waals surface area contributed by atoms with Crippen LogP contribution in [-0.2, 0) is 0 Å². The molecule has 106 valence electrons. The maximum Gasteiger partial charge on any atom is 0.270 e. The Bertz CT molecular complexity index is 731. The number of anilines is 1. The summed E-state index contributed by atoms with van der Waals surface area (Å²) in [4.78, 5) is 22.5. The molecule has 0 aromatic heterocycles. The van der Waals surface area contributed by atoms with Gasteiger partial charge in [-0.1, -0.05) is 30.4 Å². The summed E-state index contributed by atoms with van der Waals surface area (Å²) in [7, 11) is 0. The van der Waals surface area contributed by atoms with Crippen LogP contribution in [0.2, 0.25) is 0 Å². The summed E-state index contributed by atoms with van der Waals surface area (Å²) in [6, 6.07) is 12.3. The average molecular weight is 301 g/mol. The molecule has 0 spiro atoms. The van der Waals surface area contributed by atoms with E-state index in [-0.39, 0.29) is 16.2 Å². The van der Waals surface area contributed by atoms with Crippen molar-refractivity contribution in [2.75, 3.05) is 5.32 Å². The lowest BCUT2D eigenvalue weighted by Gasteiger charge is -2.09. The molecule has 0 aliphatic carbocycles. The number of carbonyl (C=O) groups is 1. The number of para-hydroxylation sites is 1. The molecule has 3 N–H and O–H groups in total. The Kier molecular flexibility index (Phi) is 4.24. The number of hydrogen-bond donors (Lipinski definition) is 2. The highest BCUT2D eigenvalue weighted by Gasteiger charge is 2.13. The molecule has 7 heteroatoms. The third kappa shape index (κ3) is 3.40. The number of nitrogens with one attached hydrogen (secondary N) is 1. The Hall–Kier alpha value is -2.80. The predicted octanol–water partition coefficient (Wildman–Crippen LogP) is 2.48. The molecule has 0 unspecified atom stereocenters. The minimum Gasteiger partial charge on any atom is -0.389 e. The van der Waals surface area contributed by atoms with Crippen molar-refractivity contribution < 1.29 is 9.72 Å². The third-order valence-electron chi connectivity index (χ3n) is 2.76. The number of nitrogens with two attached hydrogens (primary N) is 1. The van der Waals surface area contributed by atoms with E-state index in [0.29, 0.717) is 11.3 Å². The van der Waals surface area contributed by atoms with E-state index in [2.05, 4.69) is 5.32 Å². The van der Waals surface area contributed by atoms with Gasteiger partial charge in [-0.3, -0.25) is 14.9 Å². The van der Waals surface area contributed by atoms with Crippen LogP contribution in [0.1, 0.15) is 15.9 Å². The summed E-state index contributed by atoms with van der Waals surface area (Å²) in [6.07, 6.45) is 0. The van der Waals surface area contributed by atoms with E-state index in [1.54, 1.807) is 24.3 Å². The fourth-order valence-corrected chi connectivity index (χ4v) is 1.94. The number of thiocarbonyl (C=S) groups is 1. The summed E-state index contributed by atoms with van der Waals surface area (Å²) >= 11 is 4.91. The Morgan fingerprint density at radius 3 is 2.57 bits per heavy atom. The average Bonchev–Trinajstić information content (AvgIpc) is 2.47. The van der Waals surface area contributed by atoms with Crippen molar-refractivity contribution in [3.05, 3.63) is 69.8 Å². The molecule has 2 aromatic rings. The zero-order valence-electron chi connectivity index (χ0n) is 10.8. The van der Waals surface area contributed by atoms with Gasteiger partial charge in [-0.15, -0.1) is 0 Å². The molecule has 6 nitrogen and oxygen atoms in total. The van der Waals surface area contributed by atoms with E-state index >= 15 is 0 Å². The van der Waals surface area contributed by atoms with Crippen LogP contribution in [0.4, 0.5) is 11.4 Å². The van der Waals surface area contributed by atoms with Gasteiger partial charge in [0.15, 0.2) is 0 Å². The fourth-order valence-electron chi connectivity index (χ4n) is 1.76. The Labute approximate surface area is 125 Å². The highest BCUT2D eigenvalue weighted by molar-refractivity contribution is 7.80. The molecule has 2 rings (SSSR count). The second-order valence-electron chi connectivity index (χ2n) is 4.17. The lowest BCUT2D eigenvalue weighted by atomic mass is 10.1. The smallest absolute Gasteiger partial charge is 0.270 e. The number of benzene rings is 2. The molecule has 0 radical (unpaired) electrons. The number of carbonyl (C=O) groups excluding carboxylic acids is 1. The minimum absolute atomic E-state index is 0.148. The number of amides is 1. The molecule has 2 aromatic carbocycles. The summed E-state index contributed by atoms with van der Waals surface area (Å²) < 4.78 is 0. The lowest BCUT2D eigenvalue weighted by molar-refractivity contribution is -0.384. The summed E-state index contributed by atoms with van der Waals surface area (Å²) in [5, 5.41) is 13.4. The number of hydrogen-bond acceptors (Lipinski definition) is 4. The monoisotopic (exact) mass is 301 g/mol. The van der Waals surface area contributed by atoms with Crippen molar-refractivity contribution in [2.45, 2.75) is 0 Å². The molecule has 1 amide bonds. The van der Waals surface area contributed by atoms with Crippen LogP contribution in [0.15, 0.2) is 48.5 Å². The van der Waals surface area contributed by atoms with Crippen LogP contribution < -0.4 is 11.1 Å². The largest absolute Gasteiger partial charge is 0.389 e. The molecule has 21 heavy (non-hydrogen) atoms. The van der Waals surface area contributed by atoms with Gasteiger partial charge >= 0.3 is 0 Å². The maximum absolute atomic E-state index is 12.1. The molecule has 0 atom stereocenters. The van der Waals surface area contributed by atoms with Gasteiger partial charge < -0.3 is 11.1 Å². The van der Waals surface area contributed by atoms with E-state index in [9.17, 15) is 14.9 Å². The Morgan fingerprint density at radius 2 is 1.90 bits per heavy atom. The van der Waals surface area contributed by atoms with Crippen LogP contribution in [0.5, 0.6) is 0 Å². The van der Waals surface area contributed by atoms with Crippen molar-refractivity contribution in [1.29, 1.82) is 0 Å². The van der Waals surface area contributed by atoms with Crippen molar-refractivity contribution in [1.82, 2.24) is 0 Å². The molecular weight excluding hydrogens is 290 g/mol. The Balaban J connectivity index is 2.28. The fraction of sp³-hybridized carbons (Fsp3) is 0. The zero-order chi connectivity index (χ0) is 15.4. The van der Waals surface area contributed by atoms with Crippen LogP contribution in [0, 0.1) is 10.1 Å². The topological polar surface area (TPSA) is 98.3 Å². The first-order chi connectivity index (χ1) is 9.99. The zero-order valence-corrected chi connectivity index (χ0v) is 11.6. The van der Waals surface area contributed by atoms with Gasteiger partial charge in [0.05, 0.1) is 10.6 Å². The van der Waals surface area contributed by atoms with Gasteiger partial charge in [0.25, 0.3) is 11.6 Å². The van der Waals surface area contributed by atoms with Crippen LogP contribution in [0.3, 0.4) is 0 Å². The molecule has 0 saturated heterocycles. The van der Waals surface area contributed by atoms with Gasteiger partial charge in [-0.2, -0.15) is 0 Å². The normalized spacial score (nSPS) is 9.90. The molecule has 0 heterocycles. The first-order valence-corrected chi connectivity index (χ1v) is 6.34. The lowest BCUT2D eigenvalue weighted by Crippen LogP contribution is -2.17. The highest BCUT2D eigenvalue weighted by atomic mass is 32.1. The van der Waals surface area contributed by atoms with Crippen molar-refractivity contribution in [3.63, 3.8) is 0 Å². The standard InChI is InChI=1S/C14H11N3O3S/c15-13(21)11-6-1-2-7-12(11)16-14(18)9-4-3-5-10(8-9)17(19)20/h1-8H,(H2,15,21)(H,16,18). The maximum atomic E-state index is 12.1. The van der Waals surface area contributed by atoms with Crippen LogP contribution in [-0.4, -0.2) is 15.8 Å². The van der Waals surface area contributed by atoms with E-state index in [1.165, 1.54) is 24.3 Å². The van der Waals surface area contributed by atoms with E-state index < -0.39 is 10.8 Å². The van der Waals surface area contributed by atoms with Crippen LogP contribution >= 0.6 is 12.2 Å². The van der Waals surface area contributed by atoms with Crippen LogP contribution in [0.25, 0.3) is 0 Å². The highest BCUT2D eigenvalue weighted by Crippen LogP contribution is 2.18. The minimum atomic E-state index is -0.556. The molecule has 0 fully saturated rings. The summed E-state index contributed by atoms with van der Waals surface area (Å²) in [5.41, 5.74) is 6.61. The van der Waals surface area contributed by atoms with E-state index in [0.717, 1.165) is 0 Å². The summed E-state index contributed by atoms with van der Waals surface area (Å²) in [5.74, 6) is -0.470. The summed E-state index contributed by atoms with van der Waals surface area (Å²) in [6.45, 7) is 0. The number of nitro benzene ring substituents is 1. The first kappa shape index (κ1) is 14.6. The quantitative estimate of drug-likeness (QED) is 0.513. The number of nitrogens with zero attached hydrogens (tertiary/aromatic N) is 1. The third-order valence-corrected chi connectivity index (χ3v) is 2.98. The van der Waals surface area contributed by atoms with Gasteiger partial charge in [0.2, 0.25) is 0 Å². The SMILES string of the molecule is NC(=S)c1ccccc1NC(=O)c1cccc([N+](=O)[O-])c1. The van der Waals surface area contributed by atoms with Crippen molar-refractivity contribution in [3.8, 4) is 0 Å². The van der Waals surface area contributed by atoms with Crippen molar-refractivity contribution >= 4 is 34.5 Å². The molecular formula is C14H11N3O3S. The van der Waals surface area contributed by atoms with Gasteiger partial charge in [-0.25, -0.2) is 0 Å². The molecule has 0 aliphatic heterocycles. The molecule has 0 bridgehead atoms. The van der Waals surface area contributed by atoms with Gasteiger partial charge in [0.1, 0.15) is 4.99 Å². The molecule has 0 saturated carbocycles. The Morgan fingerprint density at radius 1 is 1.19 bits per heavy atom. The predicted molar refractivity (Wildman–Crippen MR) is 83.4 cm³/mol. The van der Waals surface area contributed by atoms with E-state index in [1.807, 2.05) is 0 Å². The van der Waals surface area contributed by atoms with Gasteiger partial charge in [-0.05, 0) is 18.2 Å². The number of nitro groups is 1. The number of non-ortho nitro benzene ring substituents is 1. The number of rotatable bonds is 4. The second-order valence-corrected chi connectivity index (χ2v) is 4.61. The van der Waals surface area contributed by atoms with Gasteiger partial charge in [0, 0.05) is 23.3 Å². The van der Waals surface area contributed by atoms with E-state index in [4.69, 9.17) is 18.0 Å². The first-order valence-electron chi connectivity index (χ1n) is 5.93. The van der Waals surface area contributed by atoms with Crippen molar-refractivity contribution in [2.24, 2.45) is 5.73 Å². The second kappa shape index (κ2) is 6.10. The molecule has 0 aliphatic rings.